The molecule has 2 heterocycles. The van der Waals surface area contributed by atoms with Crippen LogP contribution in [0.1, 0.15) is 21.5 Å². The second kappa shape index (κ2) is 7.41. The standard InChI is InChI=1S/C23H18ClNO3/c1-15-11-21(28-14-16-7-3-2-4-8-16)17(12-19(15)24)18-13-25-10-6-5-9-20(25)22(18)23(26)27/h2-13H,14H2,1H3,(H,26,27). The van der Waals surface area contributed by atoms with Gasteiger partial charge < -0.3 is 14.2 Å². The summed E-state index contributed by atoms with van der Waals surface area (Å²) in [6.07, 6.45) is 3.63. The maximum absolute atomic E-state index is 12.0. The minimum atomic E-state index is -0.991. The number of carboxylic acids is 1. The lowest BCUT2D eigenvalue weighted by molar-refractivity contribution is 0.0700. The number of rotatable bonds is 5. The Morgan fingerprint density at radius 3 is 2.57 bits per heavy atom. The molecule has 0 saturated heterocycles. The van der Waals surface area contributed by atoms with Crippen molar-refractivity contribution in [3.05, 3.63) is 94.8 Å². The van der Waals surface area contributed by atoms with Gasteiger partial charge in [-0.3, -0.25) is 0 Å². The van der Waals surface area contributed by atoms with Gasteiger partial charge in [-0.25, -0.2) is 4.79 Å². The van der Waals surface area contributed by atoms with Crippen molar-refractivity contribution in [2.24, 2.45) is 0 Å². The fourth-order valence-electron chi connectivity index (χ4n) is 3.27. The van der Waals surface area contributed by atoms with Gasteiger partial charge in [-0.05, 0) is 42.3 Å². The number of halogens is 1. The number of carbonyl (C=O) groups is 1. The Labute approximate surface area is 167 Å². The molecule has 0 unspecified atom stereocenters. The first kappa shape index (κ1) is 18.1. The third-order valence-electron chi connectivity index (χ3n) is 4.69. The summed E-state index contributed by atoms with van der Waals surface area (Å²) in [7, 11) is 0. The number of aromatic nitrogens is 1. The smallest absolute Gasteiger partial charge is 0.338 e. The molecule has 0 aliphatic heterocycles. The maximum Gasteiger partial charge on any atom is 0.338 e. The average molecular weight is 392 g/mol. The lowest BCUT2D eigenvalue weighted by Gasteiger charge is -2.14. The van der Waals surface area contributed by atoms with Crippen molar-refractivity contribution < 1.29 is 14.6 Å². The third kappa shape index (κ3) is 3.35. The van der Waals surface area contributed by atoms with E-state index in [1.165, 1.54) is 0 Å². The second-order valence-corrected chi connectivity index (χ2v) is 7.00. The predicted octanol–water partition coefficient (Wildman–Crippen LogP) is 5.85. The first-order valence-electron chi connectivity index (χ1n) is 8.85. The molecule has 1 N–H and O–H groups in total. The number of hydrogen-bond donors (Lipinski definition) is 1. The van der Waals surface area contributed by atoms with Crippen LogP contribution in [0.2, 0.25) is 5.02 Å². The van der Waals surface area contributed by atoms with E-state index in [0.29, 0.717) is 34.0 Å². The SMILES string of the molecule is Cc1cc(OCc2ccccc2)c(-c2cn3ccccc3c2C(=O)O)cc1Cl. The lowest BCUT2D eigenvalue weighted by Crippen LogP contribution is -2.01. The Kier molecular flexibility index (Phi) is 4.80. The summed E-state index contributed by atoms with van der Waals surface area (Å²) in [5.74, 6) is -0.390. The van der Waals surface area contributed by atoms with Gasteiger partial charge >= 0.3 is 5.97 Å². The molecule has 0 spiro atoms. The fourth-order valence-corrected chi connectivity index (χ4v) is 3.43. The highest BCUT2D eigenvalue weighted by molar-refractivity contribution is 6.31. The van der Waals surface area contributed by atoms with Gasteiger partial charge in [0.15, 0.2) is 0 Å². The van der Waals surface area contributed by atoms with Gasteiger partial charge in [0.1, 0.15) is 12.4 Å². The number of pyridine rings is 1. The van der Waals surface area contributed by atoms with E-state index in [-0.39, 0.29) is 5.56 Å². The van der Waals surface area contributed by atoms with Gasteiger partial charge in [0.05, 0.1) is 11.1 Å². The van der Waals surface area contributed by atoms with E-state index in [2.05, 4.69) is 0 Å². The predicted molar refractivity (Wildman–Crippen MR) is 110 cm³/mol. The zero-order chi connectivity index (χ0) is 19.7. The van der Waals surface area contributed by atoms with Crippen molar-refractivity contribution in [2.45, 2.75) is 13.5 Å². The van der Waals surface area contributed by atoms with E-state index in [1.54, 1.807) is 22.7 Å². The van der Waals surface area contributed by atoms with Gasteiger partial charge in [-0.1, -0.05) is 48.0 Å². The number of carboxylic acid groups (broad SMARTS) is 1. The quantitative estimate of drug-likeness (QED) is 0.464. The molecule has 140 valence electrons. The average Bonchev–Trinajstić information content (AvgIpc) is 3.09. The highest BCUT2D eigenvalue weighted by Crippen LogP contribution is 2.39. The van der Waals surface area contributed by atoms with Crippen molar-refractivity contribution in [2.75, 3.05) is 0 Å². The minimum absolute atomic E-state index is 0.227. The van der Waals surface area contributed by atoms with Gasteiger partial charge in [-0.2, -0.15) is 0 Å². The Morgan fingerprint density at radius 2 is 1.82 bits per heavy atom. The minimum Gasteiger partial charge on any atom is -0.488 e. The van der Waals surface area contributed by atoms with Crippen molar-refractivity contribution in [3.8, 4) is 16.9 Å². The topological polar surface area (TPSA) is 50.9 Å². The molecular formula is C23H18ClNO3. The molecule has 4 rings (SSSR count). The number of benzene rings is 2. The van der Waals surface area contributed by atoms with Crippen molar-refractivity contribution in [1.29, 1.82) is 0 Å². The van der Waals surface area contributed by atoms with Crippen LogP contribution in [0, 0.1) is 6.92 Å². The fraction of sp³-hybridized carbons (Fsp3) is 0.0870. The molecule has 2 aromatic carbocycles. The van der Waals surface area contributed by atoms with E-state index < -0.39 is 5.97 Å². The molecule has 0 amide bonds. The van der Waals surface area contributed by atoms with Gasteiger partial charge in [0.2, 0.25) is 0 Å². The van der Waals surface area contributed by atoms with Crippen LogP contribution < -0.4 is 4.74 Å². The van der Waals surface area contributed by atoms with Gasteiger partial charge in [0, 0.05) is 28.5 Å². The number of ether oxygens (including phenoxy) is 1. The summed E-state index contributed by atoms with van der Waals surface area (Å²) < 4.78 is 7.88. The van der Waals surface area contributed by atoms with Crippen LogP contribution in [0.5, 0.6) is 5.75 Å². The summed E-state index contributed by atoms with van der Waals surface area (Å²) in [5.41, 5.74) is 3.98. The van der Waals surface area contributed by atoms with Crippen molar-refractivity contribution >= 4 is 23.1 Å². The zero-order valence-electron chi connectivity index (χ0n) is 15.2. The number of aryl methyl sites for hydroxylation is 1. The molecule has 4 aromatic rings. The molecule has 28 heavy (non-hydrogen) atoms. The summed E-state index contributed by atoms with van der Waals surface area (Å²) in [6.45, 7) is 2.28. The molecule has 0 saturated carbocycles. The van der Waals surface area contributed by atoms with Crippen LogP contribution in [-0.2, 0) is 6.61 Å². The van der Waals surface area contributed by atoms with Crippen LogP contribution in [-0.4, -0.2) is 15.5 Å². The van der Waals surface area contributed by atoms with Crippen LogP contribution in [0.25, 0.3) is 16.6 Å². The number of fused-ring (bicyclic) bond motifs is 1. The highest BCUT2D eigenvalue weighted by Gasteiger charge is 2.21. The number of hydrogen-bond acceptors (Lipinski definition) is 2. The number of nitrogens with zero attached hydrogens (tertiary/aromatic N) is 1. The van der Waals surface area contributed by atoms with E-state index in [1.807, 2.05) is 61.7 Å². The summed E-state index contributed by atoms with van der Waals surface area (Å²) >= 11 is 6.37. The van der Waals surface area contributed by atoms with Crippen LogP contribution in [0.3, 0.4) is 0 Å². The molecule has 0 bridgehead atoms. The molecule has 5 heteroatoms. The molecular weight excluding hydrogens is 374 g/mol. The molecule has 0 fully saturated rings. The molecule has 2 aromatic heterocycles. The van der Waals surface area contributed by atoms with E-state index in [4.69, 9.17) is 16.3 Å². The Balaban J connectivity index is 1.85. The van der Waals surface area contributed by atoms with Crippen molar-refractivity contribution in [1.82, 2.24) is 4.40 Å². The zero-order valence-corrected chi connectivity index (χ0v) is 16.0. The monoisotopic (exact) mass is 391 g/mol. The summed E-state index contributed by atoms with van der Waals surface area (Å²) in [5, 5.41) is 10.4. The maximum atomic E-state index is 12.0. The Bertz CT molecular complexity index is 1170. The molecule has 0 radical (unpaired) electrons. The molecule has 0 aliphatic carbocycles. The van der Waals surface area contributed by atoms with E-state index in [9.17, 15) is 9.90 Å². The Morgan fingerprint density at radius 1 is 1.07 bits per heavy atom. The van der Waals surface area contributed by atoms with Gasteiger partial charge in [-0.15, -0.1) is 0 Å². The summed E-state index contributed by atoms with van der Waals surface area (Å²) in [6, 6.07) is 18.9. The van der Waals surface area contributed by atoms with Gasteiger partial charge in [0.25, 0.3) is 0 Å². The Hall–Kier alpha value is -3.24. The van der Waals surface area contributed by atoms with Crippen molar-refractivity contribution in [3.63, 3.8) is 0 Å². The first-order chi connectivity index (χ1) is 13.5. The van der Waals surface area contributed by atoms with E-state index >= 15 is 0 Å². The molecule has 0 aliphatic rings. The molecule has 0 atom stereocenters. The summed E-state index contributed by atoms with van der Waals surface area (Å²) in [4.78, 5) is 12.0. The first-order valence-corrected chi connectivity index (χ1v) is 9.22. The molecule has 4 nitrogen and oxygen atoms in total. The van der Waals surface area contributed by atoms with Crippen LogP contribution >= 0.6 is 11.6 Å². The number of aromatic carboxylic acids is 1. The lowest BCUT2D eigenvalue weighted by atomic mass is 10.0. The largest absolute Gasteiger partial charge is 0.488 e. The third-order valence-corrected chi connectivity index (χ3v) is 5.09. The normalized spacial score (nSPS) is 10.9. The second-order valence-electron chi connectivity index (χ2n) is 6.59. The van der Waals surface area contributed by atoms with E-state index in [0.717, 1.165) is 11.1 Å². The highest BCUT2D eigenvalue weighted by atomic mass is 35.5. The van der Waals surface area contributed by atoms with Crippen LogP contribution in [0.4, 0.5) is 0 Å². The van der Waals surface area contributed by atoms with Crippen LogP contribution in [0.15, 0.2) is 73.1 Å².